The van der Waals surface area contributed by atoms with E-state index in [1.54, 1.807) is 4.90 Å². The number of aliphatic hydroxyl groups is 2. The van der Waals surface area contributed by atoms with Crippen LogP contribution >= 0.6 is 0 Å². The van der Waals surface area contributed by atoms with Gasteiger partial charge in [-0.3, -0.25) is 0 Å². The molecule has 106 valence electrons. The van der Waals surface area contributed by atoms with Crippen LogP contribution in [0.4, 0.5) is 10.2 Å². The molecule has 1 aromatic heterocycles. The van der Waals surface area contributed by atoms with Crippen molar-refractivity contribution in [1.29, 1.82) is 0 Å². The summed E-state index contributed by atoms with van der Waals surface area (Å²) in [5.41, 5.74) is 1.20. The molecule has 0 unspecified atom stereocenters. The molecule has 2 N–H and O–H groups in total. The molecular formula is C15H17FN2O2. The highest BCUT2D eigenvalue weighted by Gasteiger charge is 2.16. The van der Waals surface area contributed by atoms with E-state index in [1.165, 1.54) is 12.3 Å². The first-order valence-electron chi connectivity index (χ1n) is 6.40. The molecule has 0 spiro atoms. The molecule has 0 fully saturated rings. The number of aromatic nitrogens is 1. The van der Waals surface area contributed by atoms with Gasteiger partial charge in [-0.15, -0.1) is 0 Å². The molecule has 1 heterocycles. The van der Waals surface area contributed by atoms with E-state index in [4.69, 9.17) is 10.2 Å². The fourth-order valence-electron chi connectivity index (χ4n) is 2.00. The minimum absolute atomic E-state index is 0.0999. The van der Waals surface area contributed by atoms with Crippen LogP contribution in [-0.4, -0.2) is 28.3 Å². The molecule has 2 aromatic rings. The van der Waals surface area contributed by atoms with Crippen molar-refractivity contribution in [2.75, 3.05) is 18.1 Å². The first-order chi connectivity index (χ1) is 9.76. The van der Waals surface area contributed by atoms with Gasteiger partial charge in [-0.25, -0.2) is 9.37 Å². The van der Waals surface area contributed by atoms with E-state index in [0.29, 0.717) is 6.54 Å². The Hall–Kier alpha value is -1.98. The van der Waals surface area contributed by atoms with Gasteiger partial charge in [0.1, 0.15) is 0 Å². The van der Waals surface area contributed by atoms with Crippen molar-refractivity contribution in [3.8, 4) is 0 Å². The number of anilines is 1. The molecule has 0 radical (unpaired) electrons. The Bertz CT molecular complexity index is 549. The van der Waals surface area contributed by atoms with Gasteiger partial charge in [0, 0.05) is 24.8 Å². The third-order valence-electron chi connectivity index (χ3n) is 3.01. The van der Waals surface area contributed by atoms with Gasteiger partial charge in [0.25, 0.3) is 0 Å². The van der Waals surface area contributed by atoms with Crippen molar-refractivity contribution < 1.29 is 14.6 Å². The summed E-state index contributed by atoms with van der Waals surface area (Å²) in [6, 6.07) is 11.0. The average Bonchev–Trinajstić information content (AvgIpc) is 2.48. The number of nitrogens with zero attached hydrogens (tertiary/aromatic N) is 2. The van der Waals surface area contributed by atoms with E-state index in [0.717, 1.165) is 5.56 Å². The monoisotopic (exact) mass is 276 g/mol. The van der Waals surface area contributed by atoms with E-state index >= 15 is 0 Å². The summed E-state index contributed by atoms with van der Waals surface area (Å²) in [5.74, 6) is -0.395. The van der Waals surface area contributed by atoms with Crippen molar-refractivity contribution in [2.45, 2.75) is 13.2 Å². The van der Waals surface area contributed by atoms with Gasteiger partial charge in [0.2, 0.25) is 0 Å². The van der Waals surface area contributed by atoms with Crippen LogP contribution in [-0.2, 0) is 13.2 Å². The quantitative estimate of drug-likeness (QED) is 0.843. The van der Waals surface area contributed by atoms with Crippen molar-refractivity contribution in [3.63, 3.8) is 0 Å². The number of aliphatic hydroxyl groups excluding tert-OH is 2. The van der Waals surface area contributed by atoms with Gasteiger partial charge in [-0.1, -0.05) is 30.3 Å². The summed E-state index contributed by atoms with van der Waals surface area (Å²) in [6.45, 7) is 0.241. The second-order valence-electron chi connectivity index (χ2n) is 4.40. The van der Waals surface area contributed by atoms with Crippen LogP contribution in [0.15, 0.2) is 42.6 Å². The molecule has 1 aromatic carbocycles. The molecule has 4 nitrogen and oxygen atoms in total. The summed E-state index contributed by atoms with van der Waals surface area (Å²) >= 11 is 0. The Morgan fingerprint density at radius 3 is 2.50 bits per heavy atom. The van der Waals surface area contributed by atoms with Gasteiger partial charge in [0.05, 0.1) is 13.2 Å². The molecule has 2 rings (SSSR count). The molecule has 20 heavy (non-hydrogen) atoms. The molecule has 5 heteroatoms. The minimum Gasteiger partial charge on any atom is -0.395 e. The molecule has 0 atom stereocenters. The summed E-state index contributed by atoms with van der Waals surface area (Å²) in [7, 11) is 0. The Labute approximate surface area is 117 Å². The lowest BCUT2D eigenvalue weighted by Gasteiger charge is -2.24. The van der Waals surface area contributed by atoms with E-state index in [9.17, 15) is 4.39 Å². The lowest BCUT2D eigenvalue weighted by molar-refractivity contribution is 0.275. The fourth-order valence-corrected chi connectivity index (χ4v) is 2.00. The van der Waals surface area contributed by atoms with Gasteiger partial charge in [0.15, 0.2) is 11.6 Å². The SMILES string of the molecule is OCCN(Cc1ccccc1)c1nccc(CO)c1F. The maximum Gasteiger partial charge on any atom is 0.171 e. The normalized spacial score (nSPS) is 10.6. The first-order valence-corrected chi connectivity index (χ1v) is 6.40. The van der Waals surface area contributed by atoms with Gasteiger partial charge in [-0.05, 0) is 11.6 Å². The van der Waals surface area contributed by atoms with Gasteiger partial charge < -0.3 is 15.1 Å². The smallest absolute Gasteiger partial charge is 0.171 e. The zero-order valence-corrected chi connectivity index (χ0v) is 11.0. The van der Waals surface area contributed by atoms with Crippen LogP contribution < -0.4 is 4.90 Å². The average molecular weight is 276 g/mol. The number of rotatable bonds is 6. The van der Waals surface area contributed by atoms with Gasteiger partial charge >= 0.3 is 0 Å². The number of hydrogen-bond donors (Lipinski definition) is 2. The van der Waals surface area contributed by atoms with Crippen LogP contribution in [0.25, 0.3) is 0 Å². The Morgan fingerprint density at radius 1 is 1.10 bits per heavy atom. The summed E-state index contributed by atoms with van der Waals surface area (Å²) in [6.07, 6.45) is 1.46. The number of pyridine rings is 1. The fraction of sp³-hybridized carbons (Fsp3) is 0.267. The first kappa shape index (κ1) is 14.4. The van der Waals surface area contributed by atoms with Crippen LogP contribution in [0, 0.1) is 5.82 Å². The summed E-state index contributed by atoms with van der Waals surface area (Å²) < 4.78 is 14.2. The van der Waals surface area contributed by atoms with Crippen molar-refractivity contribution in [2.24, 2.45) is 0 Å². The molecule has 0 saturated heterocycles. The largest absolute Gasteiger partial charge is 0.395 e. The zero-order valence-electron chi connectivity index (χ0n) is 11.0. The highest BCUT2D eigenvalue weighted by Crippen LogP contribution is 2.21. The second-order valence-corrected chi connectivity index (χ2v) is 4.40. The van der Waals surface area contributed by atoms with Gasteiger partial charge in [-0.2, -0.15) is 0 Å². The predicted molar refractivity (Wildman–Crippen MR) is 74.7 cm³/mol. The lowest BCUT2D eigenvalue weighted by atomic mass is 10.2. The van der Waals surface area contributed by atoms with E-state index in [-0.39, 0.29) is 31.1 Å². The second kappa shape index (κ2) is 6.98. The molecular weight excluding hydrogens is 259 g/mol. The third kappa shape index (κ3) is 3.31. The molecule has 0 bridgehead atoms. The number of benzene rings is 1. The Kier molecular flexibility index (Phi) is 5.03. The molecule has 0 amide bonds. The van der Waals surface area contributed by atoms with Crippen molar-refractivity contribution in [3.05, 3.63) is 59.5 Å². The predicted octanol–water partition coefficient (Wildman–Crippen LogP) is 1.71. The minimum atomic E-state index is -0.542. The topological polar surface area (TPSA) is 56.6 Å². The van der Waals surface area contributed by atoms with E-state index in [1.807, 2.05) is 30.3 Å². The number of halogens is 1. The van der Waals surface area contributed by atoms with Crippen LogP contribution in [0.3, 0.4) is 0 Å². The molecule has 0 aliphatic heterocycles. The Balaban J connectivity index is 2.29. The van der Waals surface area contributed by atoms with Crippen LogP contribution in [0.2, 0.25) is 0 Å². The summed E-state index contributed by atoms with van der Waals surface area (Å²) in [5, 5.41) is 18.3. The maximum atomic E-state index is 14.2. The van der Waals surface area contributed by atoms with Crippen LogP contribution in [0.5, 0.6) is 0 Å². The number of hydrogen-bond acceptors (Lipinski definition) is 4. The molecule has 0 aliphatic rings. The molecule has 0 saturated carbocycles. The lowest BCUT2D eigenvalue weighted by Crippen LogP contribution is -2.28. The van der Waals surface area contributed by atoms with E-state index < -0.39 is 5.82 Å². The standard InChI is InChI=1S/C15H17FN2O2/c16-14-13(11-20)6-7-17-15(14)18(8-9-19)10-12-4-2-1-3-5-12/h1-7,19-20H,8-11H2. The van der Waals surface area contributed by atoms with E-state index in [2.05, 4.69) is 4.98 Å². The Morgan fingerprint density at radius 2 is 1.85 bits per heavy atom. The highest BCUT2D eigenvalue weighted by atomic mass is 19.1. The summed E-state index contributed by atoms with van der Waals surface area (Å²) in [4.78, 5) is 5.69. The third-order valence-corrected chi connectivity index (χ3v) is 3.01. The van der Waals surface area contributed by atoms with Crippen LogP contribution in [0.1, 0.15) is 11.1 Å². The molecule has 0 aliphatic carbocycles. The van der Waals surface area contributed by atoms with Crippen molar-refractivity contribution >= 4 is 5.82 Å². The zero-order chi connectivity index (χ0) is 14.4. The maximum absolute atomic E-state index is 14.2. The highest BCUT2D eigenvalue weighted by molar-refractivity contribution is 5.43. The van der Waals surface area contributed by atoms with Crippen molar-refractivity contribution in [1.82, 2.24) is 4.98 Å².